The van der Waals surface area contributed by atoms with E-state index in [-0.39, 0.29) is 35.6 Å². The molecule has 4 amide bonds. The molecule has 0 saturated carbocycles. The van der Waals surface area contributed by atoms with Crippen molar-refractivity contribution in [1.82, 2.24) is 4.90 Å². The van der Waals surface area contributed by atoms with Crippen LogP contribution < -0.4 is 15.8 Å². The Labute approximate surface area is 175 Å². The Hall–Kier alpha value is -4.28. The number of hydrogen-bond donors (Lipinski definition) is 2. The molecule has 1 aliphatic rings. The highest BCUT2D eigenvalue weighted by Crippen LogP contribution is 2.32. The van der Waals surface area contributed by atoms with E-state index >= 15 is 0 Å². The molecule has 1 unspecified atom stereocenters. The van der Waals surface area contributed by atoms with Crippen LogP contribution in [0.25, 0.3) is 0 Å². The molecule has 2 aromatic rings. The number of nitrogens with one attached hydrogen (secondary N) is 1. The normalized spacial score (nSPS) is 13.5. The number of nitro benzene ring substituents is 1. The van der Waals surface area contributed by atoms with Crippen LogP contribution in [-0.2, 0) is 9.59 Å². The first kappa shape index (κ1) is 21.4. The van der Waals surface area contributed by atoms with Crippen molar-refractivity contribution in [3.63, 3.8) is 0 Å². The van der Waals surface area contributed by atoms with Crippen LogP contribution in [-0.4, -0.2) is 46.1 Å². The molecule has 1 heterocycles. The molecule has 0 radical (unpaired) electrons. The third-order valence-electron chi connectivity index (χ3n) is 4.64. The van der Waals surface area contributed by atoms with E-state index in [0.717, 1.165) is 6.07 Å². The van der Waals surface area contributed by atoms with Crippen molar-refractivity contribution in [2.45, 2.75) is 19.4 Å². The summed E-state index contributed by atoms with van der Waals surface area (Å²) in [6.45, 7) is 1.33. The van der Waals surface area contributed by atoms with Crippen LogP contribution in [0.2, 0.25) is 0 Å². The Balaban J connectivity index is 1.79. The molecular formula is C20H18N4O7. The molecule has 1 atom stereocenters. The molecule has 0 fully saturated rings. The molecule has 3 N–H and O–H groups in total. The molecule has 0 bridgehead atoms. The zero-order valence-corrected chi connectivity index (χ0v) is 16.4. The smallest absolute Gasteiger partial charge is 0.282 e. The number of imide groups is 1. The summed E-state index contributed by atoms with van der Waals surface area (Å²) < 4.78 is 5.45. The summed E-state index contributed by atoms with van der Waals surface area (Å²) in [5.41, 5.74) is 4.36. The summed E-state index contributed by atoms with van der Waals surface area (Å²) in [6.07, 6.45) is -0.0213. The number of nitro groups is 1. The number of primary amides is 1. The quantitative estimate of drug-likeness (QED) is 0.367. The number of rotatable bonds is 8. The fourth-order valence-corrected chi connectivity index (χ4v) is 3.10. The Kier molecular flexibility index (Phi) is 5.95. The van der Waals surface area contributed by atoms with Gasteiger partial charge in [-0.2, -0.15) is 0 Å². The van der Waals surface area contributed by atoms with Gasteiger partial charge in [0.15, 0.2) is 0 Å². The van der Waals surface area contributed by atoms with E-state index in [4.69, 9.17) is 10.5 Å². The standard InChI is InChI=1S/C20H18N4O7/c1-11(18(26)22-13-6-2-3-8-15(13)31-10-9-16(21)25)23-19(27)12-5-4-7-14(24(29)30)17(12)20(23)28/h2-8,11H,9-10H2,1H3,(H2,21,25)(H,22,26). The predicted octanol–water partition coefficient (Wildman–Crippen LogP) is 1.47. The number of ether oxygens (including phenoxy) is 1. The summed E-state index contributed by atoms with van der Waals surface area (Å²) in [5, 5.41) is 13.8. The molecule has 0 aromatic heterocycles. The van der Waals surface area contributed by atoms with E-state index in [2.05, 4.69) is 5.32 Å². The van der Waals surface area contributed by atoms with Gasteiger partial charge in [0.25, 0.3) is 17.5 Å². The lowest BCUT2D eigenvalue weighted by molar-refractivity contribution is -0.385. The molecule has 0 saturated heterocycles. The number of nitrogens with zero attached hydrogens (tertiary/aromatic N) is 2. The molecule has 1 aliphatic heterocycles. The maximum atomic E-state index is 12.8. The first-order chi connectivity index (χ1) is 14.7. The van der Waals surface area contributed by atoms with Gasteiger partial charge in [-0.1, -0.05) is 18.2 Å². The first-order valence-corrected chi connectivity index (χ1v) is 9.18. The minimum atomic E-state index is -1.26. The average molecular weight is 426 g/mol. The number of fused-ring (bicyclic) bond motifs is 1. The lowest BCUT2D eigenvalue weighted by Gasteiger charge is -2.22. The van der Waals surface area contributed by atoms with Crippen molar-refractivity contribution >= 4 is 35.0 Å². The first-order valence-electron chi connectivity index (χ1n) is 9.18. The van der Waals surface area contributed by atoms with Crippen LogP contribution in [0, 0.1) is 10.1 Å². The Bertz CT molecular complexity index is 1100. The van der Waals surface area contributed by atoms with Crippen molar-refractivity contribution in [2.75, 3.05) is 11.9 Å². The second-order valence-electron chi connectivity index (χ2n) is 6.66. The van der Waals surface area contributed by atoms with Crippen LogP contribution >= 0.6 is 0 Å². The van der Waals surface area contributed by atoms with E-state index in [1.165, 1.54) is 25.1 Å². The molecule has 31 heavy (non-hydrogen) atoms. The number of nitrogens with two attached hydrogens (primary N) is 1. The number of carbonyl (C=O) groups is 4. The number of benzene rings is 2. The summed E-state index contributed by atoms with van der Waals surface area (Å²) in [5.74, 6) is -2.70. The van der Waals surface area contributed by atoms with Crippen molar-refractivity contribution in [3.8, 4) is 5.75 Å². The van der Waals surface area contributed by atoms with Gasteiger partial charge in [0.1, 0.15) is 17.4 Å². The Morgan fingerprint density at radius 3 is 2.55 bits per heavy atom. The van der Waals surface area contributed by atoms with Gasteiger partial charge in [-0.25, -0.2) is 0 Å². The highest BCUT2D eigenvalue weighted by Gasteiger charge is 2.44. The minimum absolute atomic E-state index is 0.000154. The lowest BCUT2D eigenvalue weighted by Crippen LogP contribution is -2.45. The third kappa shape index (κ3) is 4.20. The molecular weight excluding hydrogens is 408 g/mol. The number of amides is 4. The monoisotopic (exact) mass is 426 g/mol. The van der Waals surface area contributed by atoms with Crippen LogP contribution in [0.15, 0.2) is 42.5 Å². The molecule has 0 spiro atoms. The lowest BCUT2D eigenvalue weighted by atomic mass is 10.1. The maximum Gasteiger partial charge on any atom is 0.282 e. The number of carbonyl (C=O) groups excluding carboxylic acids is 4. The Morgan fingerprint density at radius 2 is 1.87 bits per heavy atom. The minimum Gasteiger partial charge on any atom is -0.491 e. The van der Waals surface area contributed by atoms with Crippen molar-refractivity contribution in [3.05, 3.63) is 63.7 Å². The van der Waals surface area contributed by atoms with E-state index < -0.39 is 40.3 Å². The summed E-state index contributed by atoms with van der Waals surface area (Å²) in [4.78, 5) is 60.2. The highest BCUT2D eigenvalue weighted by atomic mass is 16.6. The average Bonchev–Trinajstić information content (AvgIpc) is 2.98. The molecule has 0 aliphatic carbocycles. The van der Waals surface area contributed by atoms with Crippen molar-refractivity contribution in [1.29, 1.82) is 0 Å². The van der Waals surface area contributed by atoms with Gasteiger partial charge in [-0.15, -0.1) is 0 Å². The maximum absolute atomic E-state index is 12.8. The number of para-hydroxylation sites is 2. The number of hydrogen-bond acceptors (Lipinski definition) is 7. The zero-order valence-electron chi connectivity index (χ0n) is 16.4. The highest BCUT2D eigenvalue weighted by molar-refractivity contribution is 6.24. The van der Waals surface area contributed by atoms with Gasteiger partial charge in [-0.05, 0) is 25.1 Å². The molecule has 2 aromatic carbocycles. The predicted molar refractivity (Wildman–Crippen MR) is 107 cm³/mol. The second kappa shape index (κ2) is 8.61. The van der Waals surface area contributed by atoms with Gasteiger partial charge in [-0.3, -0.25) is 34.2 Å². The molecule has 160 valence electrons. The molecule has 3 rings (SSSR count). The van der Waals surface area contributed by atoms with Crippen LogP contribution in [0.5, 0.6) is 5.75 Å². The molecule has 11 heteroatoms. The van der Waals surface area contributed by atoms with Crippen LogP contribution in [0.3, 0.4) is 0 Å². The topological polar surface area (TPSA) is 162 Å². The third-order valence-corrected chi connectivity index (χ3v) is 4.64. The second-order valence-corrected chi connectivity index (χ2v) is 6.66. The van der Waals surface area contributed by atoms with E-state index in [9.17, 15) is 29.3 Å². The fraction of sp³-hybridized carbons (Fsp3) is 0.200. The van der Waals surface area contributed by atoms with Crippen molar-refractivity contribution < 1.29 is 28.8 Å². The fourth-order valence-electron chi connectivity index (χ4n) is 3.10. The van der Waals surface area contributed by atoms with Gasteiger partial charge in [0, 0.05) is 6.07 Å². The van der Waals surface area contributed by atoms with Crippen LogP contribution in [0.1, 0.15) is 34.1 Å². The van der Waals surface area contributed by atoms with Gasteiger partial charge >= 0.3 is 0 Å². The van der Waals surface area contributed by atoms with E-state index in [1.807, 2.05) is 0 Å². The number of anilines is 1. The Morgan fingerprint density at radius 1 is 1.16 bits per heavy atom. The summed E-state index contributed by atoms with van der Waals surface area (Å²) in [7, 11) is 0. The largest absolute Gasteiger partial charge is 0.491 e. The van der Waals surface area contributed by atoms with Gasteiger partial charge < -0.3 is 15.8 Å². The van der Waals surface area contributed by atoms with E-state index in [0.29, 0.717) is 4.90 Å². The SMILES string of the molecule is CC(C(=O)Nc1ccccc1OCCC(N)=O)N1C(=O)c2cccc([N+](=O)[O-])c2C1=O. The summed E-state index contributed by atoms with van der Waals surface area (Å²) >= 11 is 0. The van der Waals surface area contributed by atoms with Crippen LogP contribution in [0.4, 0.5) is 11.4 Å². The van der Waals surface area contributed by atoms with E-state index in [1.54, 1.807) is 18.2 Å². The zero-order chi connectivity index (χ0) is 22.7. The molecule has 11 nitrogen and oxygen atoms in total. The van der Waals surface area contributed by atoms with Gasteiger partial charge in [0.2, 0.25) is 11.8 Å². The van der Waals surface area contributed by atoms with Gasteiger partial charge in [0.05, 0.1) is 29.2 Å². The van der Waals surface area contributed by atoms with Crippen molar-refractivity contribution in [2.24, 2.45) is 5.73 Å². The summed E-state index contributed by atoms with van der Waals surface area (Å²) in [6, 6.07) is 8.85.